The zero-order chi connectivity index (χ0) is 24.5. The number of nitrogens with one attached hydrogen (secondary N) is 1. The number of anilines is 1. The van der Waals surface area contributed by atoms with Crippen LogP contribution >= 0.6 is 23.2 Å². The molecular weight excluding hydrogens is 491 g/mol. The molecule has 1 aliphatic rings. The van der Waals surface area contributed by atoms with Crippen molar-refractivity contribution in [1.29, 1.82) is 0 Å². The standard InChI is InChI=1S/C26H26Cl2N2O3S/c1-17-6-11-23(12-7-17)34(32,33)30(22-10-13-24(27)25(28)15-22)16-26(31)29-18(2)20-9-8-19-4-3-5-21(19)14-20/h6-15,18H,3-5,16H2,1-2H3,(H,29,31)/t18-/m1/s1. The van der Waals surface area contributed by atoms with Crippen LogP contribution in [0.15, 0.2) is 65.6 Å². The van der Waals surface area contributed by atoms with E-state index in [2.05, 4.69) is 17.4 Å². The molecule has 1 amide bonds. The molecule has 0 spiro atoms. The SMILES string of the molecule is Cc1ccc(S(=O)(=O)N(CC(=O)N[C@H](C)c2ccc3c(c2)CCC3)c2ccc(Cl)c(Cl)c2)cc1. The Morgan fingerprint density at radius 2 is 1.68 bits per heavy atom. The van der Waals surface area contributed by atoms with Crippen LogP contribution in [0, 0.1) is 6.92 Å². The van der Waals surface area contributed by atoms with Gasteiger partial charge in [0, 0.05) is 0 Å². The lowest BCUT2D eigenvalue weighted by atomic mass is 10.0. The summed E-state index contributed by atoms with van der Waals surface area (Å²) in [7, 11) is -4.03. The number of carbonyl (C=O) groups excluding carboxylic acids is 1. The van der Waals surface area contributed by atoms with Gasteiger partial charge in [0.25, 0.3) is 10.0 Å². The summed E-state index contributed by atoms with van der Waals surface area (Å²) in [6.45, 7) is 3.37. The lowest BCUT2D eigenvalue weighted by molar-refractivity contribution is -0.120. The fourth-order valence-corrected chi connectivity index (χ4v) is 5.86. The van der Waals surface area contributed by atoms with Crippen LogP contribution in [-0.2, 0) is 27.7 Å². The molecule has 0 radical (unpaired) electrons. The minimum atomic E-state index is -4.03. The lowest BCUT2D eigenvalue weighted by Crippen LogP contribution is -2.41. The minimum Gasteiger partial charge on any atom is -0.348 e. The molecule has 34 heavy (non-hydrogen) atoms. The maximum absolute atomic E-state index is 13.5. The van der Waals surface area contributed by atoms with Gasteiger partial charge in [0.05, 0.1) is 26.7 Å². The van der Waals surface area contributed by atoms with Gasteiger partial charge in [-0.15, -0.1) is 0 Å². The predicted molar refractivity (Wildman–Crippen MR) is 137 cm³/mol. The van der Waals surface area contributed by atoms with Crippen LogP contribution in [0.2, 0.25) is 10.0 Å². The van der Waals surface area contributed by atoms with Crippen molar-refractivity contribution in [3.63, 3.8) is 0 Å². The topological polar surface area (TPSA) is 66.5 Å². The molecule has 3 aromatic carbocycles. The highest BCUT2D eigenvalue weighted by Crippen LogP contribution is 2.31. The van der Waals surface area contributed by atoms with E-state index in [1.807, 2.05) is 19.9 Å². The predicted octanol–water partition coefficient (Wildman–Crippen LogP) is 5.86. The van der Waals surface area contributed by atoms with Crippen molar-refractivity contribution >= 4 is 44.8 Å². The number of aryl methyl sites for hydroxylation is 3. The van der Waals surface area contributed by atoms with Gasteiger partial charge in [-0.3, -0.25) is 9.10 Å². The molecule has 178 valence electrons. The average molecular weight is 517 g/mol. The van der Waals surface area contributed by atoms with Gasteiger partial charge in [-0.05, 0) is 80.1 Å². The highest BCUT2D eigenvalue weighted by Gasteiger charge is 2.28. The van der Waals surface area contributed by atoms with Gasteiger partial charge >= 0.3 is 0 Å². The highest BCUT2D eigenvalue weighted by molar-refractivity contribution is 7.92. The third-order valence-electron chi connectivity index (χ3n) is 6.09. The van der Waals surface area contributed by atoms with Crippen LogP contribution in [0.4, 0.5) is 5.69 Å². The summed E-state index contributed by atoms with van der Waals surface area (Å²) >= 11 is 12.2. The number of carbonyl (C=O) groups is 1. The molecule has 1 aliphatic carbocycles. The zero-order valence-corrected chi connectivity index (χ0v) is 21.3. The maximum Gasteiger partial charge on any atom is 0.264 e. The third-order valence-corrected chi connectivity index (χ3v) is 8.61. The molecule has 0 fully saturated rings. The van der Waals surface area contributed by atoms with E-state index in [0.717, 1.165) is 34.7 Å². The Labute approximate surface area is 210 Å². The van der Waals surface area contributed by atoms with Crippen molar-refractivity contribution in [1.82, 2.24) is 5.32 Å². The summed E-state index contributed by atoms with van der Waals surface area (Å²) in [6.07, 6.45) is 3.28. The van der Waals surface area contributed by atoms with E-state index in [0.29, 0.717) is 5.02 Å². The minimum absolute atomic E-state index is 0.0867. The van der Waals surface area contributed by atoms with Crippen LogP contribution in [-0.4, -0.2) is 20.9 Å². The Balaban J connectivity index is 1.60. The van der Waals surface area contributed by atoms with Gasteiger partial charge in [-0.25, -0.2) is 8.42 Å². The van der Waals surface area contributed by atoms with Crippen LogP contribution < -0.4 is 9.62 Å². The monoisotopic (exact) mass is 516 g/mol. The Morgan fingerprint density at radius 3 is 2.38 bits per heavy atom. The largest absolute Gasteiger partial charge is 0.348 e. The number of hydrogen-bond acceptors (Lipinski definition) is 3. The van der Waals surface area contributed by atoms with E-state index in [1.54, 1.807) is 12.1 Å². The molecule has 0 saturated carbocycles. The molecule has 5 nitrogen and oxygen atoms in total. The molecule has 0 aliphatic heterocycles. The second kappa shape index (κ2) is 9.98. The second-order valence-corrected chi connectivity index (χ2v) is 11.3. The number of halogens is 2. The van der Waals surface area contributed by atoms with Crippen LogP contribution in [0.3, 0.4) is 0 Å². The molecule has 4 rings (SSSR count). The first kappa shape index (κ1) is 24.6. The average Bonchev–Trinajstić information content (AvgIpc) is 3.27. The summed E-state index contributed by atoms with van der Waals surface area (Å²) in [4.78, 5) is 13.1. The zero-order valence-electron chi connectivity index (χ0n) is 19.0. The molecule has 0 bridgehead atoms. The first-order chi connectivity index (χ1) is 16.1. The maximum atomic E-state index is 13.5. The molecule has 1 atom stereocenters. The van der Waals surface area contributed by atoms with Gasteiger partial charge < -0.3 is 5.32 Å². The molecule has 0 unspecified atom stereocenters. The van der Waals surface area contributed by atoms with Crippen molar-refractivity contribution in [3.8, 4) is 0 Å². The fraction of sp³-hybridized carbons (Fsp3) is 0.269. The summed E-state index contributed by atoms with van der Waals surface area (Å²) in [5, 5.41) is 3.44. The van der Waals surface area contributed by atoms with E-state index in [9.17, 15) is 13.2 Å². The summed E-state index contributed by atoms with van der Waals surface area (Å²) in [5.41, 5.74) is 4.86. The molecule has 3 aromatic rings. The number of sulfonamides is 1. The molecule has 0 aromatic heterocycles. The van der Waals surface area contributed by atoms with E-state index < -0.39 is 22.5 Å². The lowest BCUT2D eigenvalue weighted by Gasteiger charge is -2.25. The Hall–Kier alpha value is -2.54. The number of nitrogens with zero attached hydrogens (tertiary/aromatic N) is 1. The summed E-state index contributed by atoms with van der Waals surface area (Å²) in [6, 6.07) is 17.0. The van der Waals surface area contributed by atoms with Gasteiger partial charge in [0.2, 0.25) is 5.91 Å². The van der Waals surface area contributed by atoms with Crippen molar-refractivity contribution in [2.45, 2.75) is 44.0 Å². The van der Waals surface area contributed by atoms with Crippen LogP contribution in [0.1, 0.15) is 41.6 Å². The number of rotatable bonds is 7. The van der Waals surface area contributed by atoms with Gasteiger partial charge in [0.1, 0.15) is 6.54 Å². The van der Waals surface area contributed by atoms with Gasteiger partial charge in [-0.2, -0.15) is 0 Å². The van der Waals surface area contributed by atoms with Crippen molar-refractivity contribution in [3.05, 3.63) is 93.0 Å². The third kappa shape index (κ3) is 5.24. The van der Waals surface area contributed by atoms with E-state index in [-0.39, 0.29) is 21.6 Å². The highest BCUT2D eigenvalue weighted by atomic mass is 35.5. The van der Waals surface area contributed by atoms with Crippen molar-refractivity contribution < 1.29 is 13.2 Å². The fourth-order valence-electron chi connectivity index (χ4n) is 4.15. The van der Waals surface area contributed by atoms with E-state index >= 15 is 0 Å². The van der Waals surface area contributed by atoms with E-state index in [4.69, 9.17) is 23.2 Å². The normalized spacial score (nSPS) is 13.9. The second-order valence-electron chi connectivity index (χ2n) is 8.59. The number of benzene rings is 3. The summed E-state index contributed by atoms with van der Waals surface area (Å²) in [5.74, 6) is -0.422. The van der Waals surface area contributed by atoms with Crippen molar-refractivity contribution in [2.75, 3.05) is 10.8 Å². The molecule has 1 N–H and O–H groups in total. The number of fused-ring (bicyclic) bond motifs is 1. The van der Waals surface area contributed by atoms with Crippen LogP contribution in [0.25, 0.3) is 0 Å². The van der Waals surface area contributed by atoms with Crippen molar-refractivity contribution in [2.24, 2.45) is 0 Å². The molecule has 8 heteroatoms. The van der Waals surface area contributed by atoms with Gasteiger partial charge in [0.15, 0.2) is 0 Å². The Kier molecular flexibility index (Phi) is 7.22. The smallest absolute Gasteiger partial charge is 0.264 e. The quantitative estimate of drug-likeness (QED) is 0.427. The Morgan fingerprint density at radius 1 is 0.971 bits per heavy atom. The summed E-state index contributed by atoms with van der Waals surface area (Å²) < 4.78 is 28.1. The number of hydrogen-bond donors (Lipinski definition) is 1. The Bertz CT molecular complexity index is 1320. The molecular formula is C26H26Cl2N2O3S. The van der Waals surface area contributed by atoms with Gasteiger partial charge in [-0.1, -0.05) is 59.1 Å². The van der Waals surface area contributed by atoms with E-state index in [1.165, 1.54) is 41.5 Å². The first-order valence-corrected chi connectivity index (χ1v) is 13.3. The molecule has 0 heterocycles. The molecule has 0 saturated heterocycles. The van der Waals surface area contributed by atoms with Crippen LogP contribution in [0.5, 0.6) is 0 Å². The first-order valence-electron chi connectivity index (χ1n) is 11.1. The number of amides is 1.